The highest BCUT2D eigenvalue weighted by Gasteiger charge is 2.26. The maximum Gasteiger partial charge on any atom is 0.141 e. The molecule has 0 spiro atoms. The molecule has 5 nitrogen and oxygen atoms in total. The number of hydrogen-bond donors (Lipinski definition) is 1. The van der Waals surface area contributed by atoms with E-state index in [-0.39, 0.29) is 0 Å². The fourth-order valence-corrected chi connectivity index (χ4v) is 5.50. The third-order valence-corrected chi connectivity index (χ3v) is 6.64. The van der Waals surface area contributed by atoms with Gasteiger partial charge in [-0.05, 0) is 43.9 Å². The molecule has 0 atom stereocenters. The molecule has 1 N–H and O–H groups in total. The van der Waals surface area contributed by atoms with Gasteiger partial charge < -0.3 is 14.9 Å². The number of fused-ring (bicyclic) bond motifs is 3. The Bertz CT molecular complexity index is 975. The average Bonchev–Trinajstić information content (AvgIpc) is 3.22. The molecule has 6 heteroatoms. The van der Waals surface area contributed by atoms with Gasteiger partial charge in [-0.2, -0.15) is 0 Å². The smallest absolute Gasteiger partial charge is 0.141 e. The first-order chi connectivity index (χ1) is 12.7. The SMILES string of the molecule is Cc1nc(N2CCN(c3ccccc3O)CC2)c2c3c(sc2n1)CCC3. The maximum atomic E-state index is 10.1. The number of anilines is 2. The molecule has 5 rings (SSSR count). The summed E-state index contributed by atoms with van der Waals surface area (Å²) in [4.78, 5) is 16.9. The standard InChI is InChI=1S/C20H22N4OS/c1-13-21-19(18-14-5-4-8-17(14)26-20(18)22-13)24-11-9-23(10-12-24)15-6-2-3-7-16(15)25/h2-3,6-7,25H,4-5,8-12H2,1H3. The summed E-state index contributed by atoms with van der Waals surface area (Å²) in [6, 6.07) is 7.59. The Balaban J connectivity index is 1.46. The van der Waals surface area contributed by atoms with E-state index in [1.54, 1.807) is 6.07 Å². The summed E-state index contributed by atoms with van der Waals surface area (Å²) in [5.41, 5.74) is 2.41. The molecule has 0 amide bonds. The van der Waals surface area contributed by atoms with E-state index in [1.165, 1.54) is 28.7 Å². The number of benzene rings is 1. The number of phenolic OH excluding ortho intramolecular Hbond substituents is 1. The minimum absolute atomic E-state index is 0.358. The molecule has 1 saturated heterocycles. The topological polar surface area (TPSA) is 52.5 Å². The summed E-state index contributed by atoms with van der Waals surface area (Å²) in [6.45, 7) is 5.57. The highest BCUT2D eigenvalue weighted by molar-refractivity contribution is 7.19. The van der Waals surface area contributed by atoms with Crippen LogP contribution in [0.4, 0.5) is 11.5 Å². The Hall–Kier alpha value is -2.34. The van der Waals surface area contributed by atoms with E-state index in [0.29, 0.717) is 5.75 Å². The first-order valence-electron chi connectivity index (χ1n) is 9.27. The average molecular weight is 366 g/mol. The molecule has 134 valence electrons. The molecule has 1 fully saturated rings. The zero-order chi connectivity index (χ0) is 17.7. The molecule has 1 aliphatic heterocycles. The lowest BCUT2D eigenvalue weighted by Gasteiger charge is -2.37. The number of para-hydroxylation sites is 2. The Morgan fingerprint density at radius 2 is 1.77 bits per heavy atom. The number of piperazine rings is 1. The molecule has 2 aliphatic rings. The fourth-order valence-electron chi connectivity index (χ4n) is 4.20. The Morgan fingerprint density at radius 1 is 1.00 bits per heavy atom. The van der Waals surface area contributed by atoms with Gasteiger partial charge >= 0.3 is 0 Å². The molecular weight excluding hydrogens is 344 g/mol. The van der Waals surface area contributed by atoms with Crippen LogP contribution in [0, 0.1) is 6.92 Å². The molecule has 0 unspecified atom stereocenters. The summed E-state index contributed by atoms with van der Waals surface area (Å²) in [5.74, 6) is 2.33. The quantitative estimate of drug-likeness (QED) is 0.752. The van der Waals surface area contributed by atoms with Gasteiger partial charge in [-0.25, -0.2) is 9.97 Å². The lowest BCUT2D eigenvalue weighted by Crippen LogP contribution is -2.47. The van der Waals surface area contributed by atoms with Crippen LogP contribution >= 0.6 is 11.3 Å². The van der Waals surface area contributed by atoms with Crippen molar-refractivity contribution in [2.24, 2.45) is 0 Å². The van der Waals surface area contributed by atoms with Crippen LogP contribution in [0.2, 0.25) is 0 Å². The molecule has 26 heavy (non-hydrogen) atoms. The van der Waals surface area contributed by atoms with E-state index >= 15 is 0 Å². The summed E-state index contributed by atoms with van der Waals surface area (Å²) in [5, 5.41) is 11.4. The number of aromatic nitrogens is 2. The first kappa shape index (κ1) is 15.9. The lowest BCUT2D eigenvalue weighted by atomic mass is 10.1. The van der Waals surface area contributed by atoms with Gasteiger partial charge in [0.15, 0.2) is 0 Å². The number of aromatic hydroxyl groups is 1. The van der Waals surface area contributed by atoms with Crippen LogP contribution in [0.5, 0.6) is 5.75 Å². The largest absolute Gasteiger partial charge is 0.506 e. The molecular formula is C20H22N4OS. The van der Waals surface area contributed by atoms with Crippen LogP contribution < -0.4 is 9.80 Å². The lowest BCUT2D eigenvalue weighted by molar-refractivity contribution is 0.472. The normalized spacial score (nSPS) is 17.1. The number of rotatable bonds is 2. The first-order valence-corrected chi connectivity index (χ1v) is 10.1. The maximum absolute atomic E-state index is 10.1. The van der Waals surface area contributed by atoms with E-state index in [2.05, 4.69) is 9.80 Å². The molecule has 0 saturated carbocycles. The summed E-state index contributed by atoms with van der Waals surface area (Å²) in [7, 11) is 0. The van der Waals surface area contributed by atoms with Crippen LogP contribution in [0.25, 0.3) is 10.2 Å². The van der Waals surface area contributed by atoms with Gasteiger partial charge in [0.25, 0.3) is 0 Å². The second-order valence-corrected chi connectivity index (χ2v) is 8.18. The number of phenols is 1. The molecule has 2 aromatic heterocycles. The van der Waals surface area contributed by atoms with Gasteiger partial charge in [-0.3, -0.25) is 0 Å². The summed E-state index contributed by atoms with van der Waals surface area (Å²) in [6.07, 6.45) is 3.61. The van der Waals surface area contributed by atoms with Crippen molar-refractivity contribution in [1.82, 2.24) is 9.97 Å². The van der Waals surface area contributed by atoms with Crippen molar-refractivity contribution in [3.8, 4) is 5.75 Å². The predicted octanol–water partition coefficient (Wildman–Crippen LogP) is 3.52. The Labute approximate surface area is 156 Å². The van der Waals surface area contributed by atoms with Crippen molar-refractivity contribution in [2.45, 2.75) is 26.2 Å². The number of nitrogens with zero attached hydrogens (tertiary/aromatic N) is 4. The zero-order valence-electron chi connectivity index (χ0n) is 14.9. The van der Waals surface area contributed by atoms with E-state index in [9.17, 15) is 5.11 Å². The van der Waals surface area contributed by atoms with Gasteiger partial charge in [-0.15, -0.1) is 11.3 Å². The Morgan fingerprint density at radius 3 is 2.58 bits per heavy atom. The molecule has 1 aromatic carbocycles. The highest BCUT2D eigenvalue weighted by atomic mass is 32.1. The van der Waals surface area contributed by atoms with Crippen molar-refractivity contribution in [3.05, 3.63) is 40.5 Å². The van der Waals surface area contributed by atoms with Crippen LogP contribution in [0.1, 0.15) is 22.7 Å². The van der Waals surface area contributed by atoms with Gasteiger partial charge in [0, 0.05) is 31.1 Å². The molecule has 0 radical (unpaired) electrons. The Kier molecular flexibility index (Phi) is 3.74. The van der Waals surface area contributed by atoms with Crippen LogP contribution in [-0.4, -0.2) is 41.3 Å². The van der Waals surface area contributed by atoms with Crippen LogP contribution in [0.15, 0.2) is 24.3 Å². The second kappa shape index (κ2) is 6.13. The van der Waals surface area contributed by atoms with Crippen LogP contribution in [-0.2, 0) is 12.8 Å². The van der Waals surface area contributed by atoms with Crippen molar-refractivity contribution < 1.29 is 5.11 Å². The second-order valence-electron chi connectivity index (χ2n) is 7.09. The number of aryl methyl sites for hydroxylation is 3. The number of hydrogen-bond acceptors (Lipinski definition) is 6. The fraction of sp³-hybridized carbons (Fsp3) is 0.400. The minimum atomic E-state index is 0.358. The van der Waals surface area contributed by atoms with E-state index in [0.717, 1.165) is 54.8 Å². The number of thiophene rings is 1. The van der Waals surface area contributed by atoms with Crippen molar-refractivity contribution >= 4 is 33.1 Å². The van der Waals surface area contributed by atoms with E-state index in [1.807, 2.05) is 36.5 Å². The minimum Gasteiger partial charge on any atom is -0.506 e. The predicted molar refractivity (Wildman–Crippen MR) is 107 cm³/mol. The zero-order valence-corrected chi connectivity index (χ0v) is 15.7. The molecule has 3 aromatic rings. The molecule has 1 aliphatic carbocycles. The van der Waals surface area contributed by atoms with E-state index < -0.39 is 0 Å². The van der Waals surface area contributed by atoms with Gasteiger partial charge in [-0.1, -0.05) is 12.1 Å². The van der Waals surface area contributed by atoms with Gasteiger partial charge in [0.2, 0.25) is 0 Å². The third-order valence-electron chi connectivity index (χ3n) is 5.46. The summed E-state index contributed by atoms with van der Waals surface area (Å²) >= 11 is 1.86. The van der Waals surface area contributed by atoms with E-state index in [4.69, 9.17) is 9.97 Å². The third kappa shape index (κ3) is 2.51. The molecule has 3 heterocycles. The van der Waals surface area contributed by atoms with Gasteiger partial charge in [0.05, 0.1) is 11.1 Å². The molecule has 0 bridgehead atoms. The van der Waals surface area contributed by atoms with Crippen molar-refractivity contribution in [1.29, 1.82) is 0 Å². The van der Waals surface area contributed by atoms with Crippen molar-refractivity contribution in [2.75, 3.05) is 36.0 Å². The summed E-state index contributed by atoms with van der Waals surface area (Å²) < 4.78 is 0. The highest BCUT2D eigenvalue weighted by Crippen LogP contribution is 2.41. The van der Waals surface area contributed by atoms with Gasteiger partial charge in [0.1, 0.15) is 22.2 Å². The van der Waals surface area contributed by atoms with Crippen LogP contribution in [0.3, 0.4) is 0 Å². The monoisotopic (exact) mass is 366 g/mol. The van der Waals surface area contributed by atoms with Crippen molar-refractivity contribution in [3.63, 3.8) is 0 Å².